The highest BCUT2D eigenvalue weighted by atomic mass is 19.1. The van der Waals surface area contributed by atoms with Gasteiger partial charge in [-0.05, 0) is 62.6 Å². The lowest BCUT2D eigenvalue weighted by Gasteiger charge is -2.40. The minimum absolute atomic E-state index is 0.0679. The number of carbonyl (C=O) groups is 1. The van der Waals surface area contributed by atoms with Crippen LogP contribution in [0.25, 0.3) is 5.52 Å². The van der Waals surface area contributed by atoms with Crippen LogP contribution in [-0.2, 0) is 21.4 Å². The van der Waals surface area contributed by atoms with E-state index in [2.05, 4.69) is 15.5 Å². The molecule has 1 unspecified atom stereocenters. The van der Waals surface area contributed by atoms with E-state index in [1.54, 1.807) is 12.1 Å². The highest BCUT2D eigenvalue weighted by Crippen LogP contribution is 2.39. The summed E-state index contributed by atoms with van der Waals surface area (Å²) in [6.07, 6.45) is 10.8. The van der Waals surface area contributed by atoms with Gasteiger partial charge in [0.25, 0.3) is 0 Å². The topological polar surface area (TPSA) is 46.8 Å². The van der Waals surface area contributed by atoms with Gasteiger partial charge in [-0.1, -0.05) is 18.2 Å². The number of amides is 1. The zero-order valence-corrected chi connectivity index (χ0v) is 18.4. The fraction of sp³-hybridized carbons (Fsp3) is 0.462. The van der Waals surface area contributed by atoms with Crippen LogP contribution in [0.1, 0.15) is 43.4 Å². The summed E-state index contributed by atoms with van der Waals surface area (Å²) in [4.78, 5) is 20.5. The number of hydrogen-bond donors (Lipinski definition) is 0. The van der Waals surface area contributed by atoms with Gasteiger partial charge in [0.15, 0.2) is 0 Å². The molecule has 0 spiro atoms. The average molecular weight is 436 g/mol. The number of nitrogens with zero attached hydrogens (tertiary/aromatic N) is 3. The molecule has 2 saturated heterocycles. The van der Waals surface area contributed by atoms with E-state index in [0.29, 0.717) is 44.1 Å². The summed E-state index contributed by atoms with van der Waals surface area (Å²) in [6.45, 7) is 2.42. The molecule has 0 bridgehead atoms. The highest BCUT2D eigenvalue weighted by molar-refractivity contribution is 5.88. The van der Waals surface area contributed by atoms with Crippen molar-refractivity contribution in [1.29, 1.82) is 0 Å². The van der Waals surface area contributed by atoms with Crippen molar-refractivity contribution in [3.05, 3.63) is 72.1 Å². The second-order valence-corrected chi connectivity index (χ2v) is 9.14. The van der Waals surface area contributed by atoms with Gasteiger partial charge in [0.05, 0.1) is 16.6 Å². The molecular weight excluding hydrogens is 405 g/mol. The molecule has 0 saturated carbocycles. The standard InChI is InChI=1S/C26H30FN3O2/c27-22-7-2-1-6-21(22)26(10-17-32-18-11-26)25(31)30-14-3-5-20(9-15-30)19-23-24-8-4-13-29(24)16-12-28-23/h1-2,4,6-8,12-13,16,20H,3,5,9-11,14-15,17-19H2. The van der Waals surface area contributed by atoms with E-state index in [1.807, 2.05) is 35.6 Å². The fourth-order valence-corrected chi connectivity index (χ4v) is 5.50. The molecule has 32 heavy (non-hydrogen) atoms. The predicted octanol–water partition coefficient (Wildman–Crippen LogP) is 4.39. The third-order valence-corrected chi connectivity index (χ3v) is 7.29. The van der Waals surface area contributed by atoms with Crippen LogP contribution >= 0.6 is 0 Å². The summed E-state index contributed by atoms with van der Waals surface area (Å²) in [5.41, 5.74) is 1.99. The zero-order valence-electron chi connectivity index (χ0n) is 18.4. The van der Waals surface area contributed by atoms with Crippen molar-refractivity contribution in [2.45, 2.75) is 43.9 Å². The molecule has 0 aliphatic carbocycles. The first-order chi connectivity index (χ1) is 15.7. The number of likely N-dealkylation sites (tertiary alicyclic amines) is 1. The van der Waals surface area contributed by atoms with Crippen LogP contribution in [0, 0.1) is 11.7 Å². The molecule has 6 heteroatoms. The molecule has 2 aliphatic rings. The van der Waals surface area contributed by atoms with Crippen LogP contribution in [0.5, 0.6) is 0 Å². The van der Waals surface area contributed by atoms with Crippen molar-refractivity contribution in [1.82, 2.24) is 14.3 Å². The van der Waals surface area contributed by atoms with Gasteiger partial charge in [-0.25, -0.2) is 4.39 Å². The summed E-state index contributed by atoms with van der Waals surface area (Å²) in [7, 11) is 0. The van der Waals surface area contributed by atoms with Gasteiger partial charge in [-0.2, -0.15) is 0 Å². The maximum absolute atomic E-state index is 14.8. The first kappa shape index (κ1) is 21.1. The van der Waals surface area contributed by atoms with Gasteiger partial charge in [0, 0.05) is 50.5 Å². The van der Waals surface area contributed by atoms with E-state index in [9.17, 15) is 9.18 Å². The lowest BCUT2D eigenvalue weighted by atomic mass is 9.72. The first-order valence-electron chi connectivity index (χ1n) is 11.7. The van der Waals surface area contributed by atoms with E-state index in [4.69, 9.17) is 4.74 Å². The number of rotatable bonds is 4. The van der Waals surface area contributed by atoms with Crippen molar-refractivity contribution in [2.24, 2.45) is 5.92 Å². The Kier molecular flexibility index (Phi) is 5.96. The summed E-state index contributed by atoms with van der Waals surface area (Å²) in [5.74, 6) is 0.265. The fourth-order valence-electron chi connectivity index (χ4n) is 5.50. The van der Waals surface area contributed by atoms with E-state index >= 15 is 0 Å². The second kappa shape index (κ2) is 9.02. The maximum atomic E-state index is 14.8. The maximum Gasteiger partial charge on any atom is 0.233 e. The molecule has 5 rings (SSSR count). The van der Waals surface area contributed by atoms with Crippen molar-refractivity contribution in [2.75, 3.05) is 26.3 Å². The Morgan fingerprint density at radius 2 is 1.94 bits per heavy atom. The average Bonchev–Trinajstić information content (AvgIpc) is 3.20. The molecule has 1 aromatic carbocycles. The molecule has 168 valence electrons. The Morgan fingerprint density at radius 1 is 1.09 bits per heavy atom. The van der Waals surface area contributed by atoms with Crippen LogP contribution in [0.15, 0.2) is 55.0 Å². The van der Waals surface area contributed by atoms with Crippen LogP contribution in [-0.4, -0.2) is 46.5 Å². The zero-order chi connectivity index (χ0) is 22.0. The molecular formula is C26H30FN3O2. The molecule has 1 amide bonds. The lowest BCUT2D eigenvalue weighted by Crippen LogP contribution is -2.50. The number of carbonyl (C=O) groups excluding carboxylic acids is 1. The third-order valence-electron chi connectivity index (χ3n) is 7.29. The van der Waals surface area contributed by atoms with E-state index in [1.165, 1.54) is 6.07 Å². The lowest BCUT2D eigenvalue weighted by molar-refractivity contribution is -0.141. The van der Waals surface area contributed by atoms with Crippen LogP contribution < -0.4 is 0 Å². The minimum Gasteiger partial charge on any atom is -0.381 e. The Labute approximate surface area is 188 Å². The summed E-state index contributed by atoms with van der Waals surface area (Å²) in [5, 5.41) is 0. The van der Waals surface area contributed by atoms with Crippen LogP contribution in [0.4, 0.5) is 4.39 Å². The largest absolute Gasteiger partial charge is 0.381 e. The van der Waals surface area contributed by atoms with Crippen molar-refractivity contribution in [3.63, 3.8) is 0 Å². The molecule has 3 aromatic rings. The molecule has 1 atom stereocenters. The van der Waals surface area contributed by atoms with Gasteiger partial charge in [0.2, 0.25) is 5.91 Å². The van der Waals surface area contributed by atoms with Crippen molar-refractivity contribution in [3.8, 4) is 0 Å². The molecule has 2 aliphatic heterocycles. The van der Waals surface area contributed by atoms with E-state index < -0.39 is 5.41 Å². The summed E-state index contributed by atoms with van der Waals surface area (Å²) in [6, 6.07) is 10.9. The smallest absolute Gasteiger partial charge is 0.233 e. The van der Waals surface area contributed by atoms with Gasteiger partial charge in [0.1, 0.15) is 5.82 Å². The number of hydrogen-bond acceptors (Lipinski definition) is 3. The first-order valence-corrected chi connectivity index (χ1v) is 11.7. The number of halogens is 1. The summed E-state index contributed by atoms with van der Waals surface area (Å²) < 4.78 is 22.5. The number of benzene rings is 1. The Morgan fingerprint density at radius 3 is 2.78 bits per heavy atom. The second-order valence-electron chi connectivity index (χ2n) is 9.14. The van der Waals surface area contributed by atoms with Gasteiger partial charge in [-0.15, -0.1) is 0 Å². The minimum atomic E-state index is -0.817. The molecule has 2 fully saturated rings. The number of aromatic nitrogens is 2. The predicted molar refractivity (Wildman–Crippen MR) is 121 cm³/mol. The molecule has 0 radical (unpaired) electrons. The van der Waals surface area contributed by atoms with Gasteiger partial charge in [-0.3, -0.25) is 9.78 Å². The van der Waals surface area contributed by atoms with Crippen molar-refractivity contribution >= 4 is 11.4 Å². The van der Waals surface area contributed by atoms with E-state index in [-0.39, 0.29) is 11.7 Å². The molecule has 2 aromatic heterocycles. The van der Waals surface area contributed by atoms with Gasteiger partial charge >= 0.3 is 0 Å². The monoisotopic (exact) mass is 435 g/mol. The summed E-state index contributed by atoms with van der Waals surface area (Å²) >= 11 is 0. The Bertz CT molecular complexity index is 1090. The number of fused-ring (bicyclic) bond motifs is 1. The third kappa shape index (κ3) is 3.92. The quantitative estimate of drug-likeness (QED) is 0.611. The Hall–Kier alpha value is -2.73. The SMILES string of the molecule is O=C(N1CCCC(Cc2nccn3cccc23)CC1)C1(c2ccccc2F)CCOCC1. The molecule has 4 heterocycles. The highest BCUT2D eigenvalue weighted by Gasteiger charge is 2.45. The van der Waals surface area contributed by atoms with Crippen LogP contribution in [0.2, 0.25) is 0 Å². The van der Waals surface area contributed by atoms with Crippen LogP contribution in [0.3, 0.4) is 0 Å². The van der Waals surface area contributed by atoms with Crippen molar-refractivity contribution < 1.29 is 13.9 Å². The normalized spacial score (nSPS) is 21.4. The Balaban J connectivity index is 1.33. The van der Waals surface area contributed by atoms with E-state index in [0.717, 1.165) is 43.4 Å². The molecule has 5 nitrogen and oxygen atoms in total. The molecule has 0 N–H and O–H groups in total. The van der Waals surface area contributed by atoms with Gasteiger partial charge < -0.3 is 14.0 Å². The number of ether oxygens (including phenoxy) is 1.